The number of hydrogen-bond donors (Lipinski definition) is 0. The van der Waals surface area contributed by atoms with Gasteiger partial charge in [0.1, 0.15) is 18.2 Å². The van der Waals surface area contributed by atoms with E-state index in [1.807, 2.05) is 18.2 Å². The van der Waals surface area contributed by atoms with E-state index in [4.69, 9.17) is 9.72 Å². The molecule has 1 fully saturated rings. The van der Waals surface area contributed by atoms with Gasteiger partial charge in [-0.3, -0.25) is 4.90 Å². The lowest BCUT2D eigenvalue weighted by Crippen LogP contribution is -2.35. The molecular weight excluding hydrogens is 448 g/mol. The van der Waals surface area contributed by atoms with Gasteiger partial charge in [0, 0.05) is 26.2 Å². The molecule has 0 N–H and O–H groups in total. The van der Waals surface area contributed by atoms with Crippen LogP contribution in [0.15, 0.2) is 60.0 Å². The Hall–Kier alpha value is -2.68. The first-order valence-corrected chi connectivity index (χ1v) is 13.4. The van der Waals surface area contributed by atoms with Crippen LogP contribution in [0.1, 0.15) is 37.6 Å². The van der Waals surface area contributed by atoms with Crippen LogP contribution in [0.25, 0.3) is 11.0 Å². The second-order valence-electron chi connectivity index (χ2n) is 8.80. The molecule has 0 spiro atoms. The highest BCUT2D eigenvalue weighted by atomic mass is 32.2. The van der Waals surface area contributed by atoms with Crippen molar-refractivity contribution >= 4 is 21.1 Å². The van der Waals surface area contributed by atoms with Gasteiger partial charge in [-0.1, -0.05) is 31.2 Å². The standard InChI is InChI=1S/C26H34N4O3S/c1-4-17-33-22-11-9-21(10-12-22)19-28(3)20-26-27-24-18-23(13-14-25(24)30(26)5-2)34(31,32)29-15-7-6-8-16-29/h4,9-14,18H,1,5-8,15-17,19-20H2,2-3H3. The molecule has 34 heavy (non-hydrogen) atoms. The van der Waals surface area contributed by atoms with Gasteiger partial charge >= 0.3 is 0 Å². The van der Waals surface area contributed by atoms with Crippen molar-refractivity contribution in [1.29, 1.82) is 0 Å². The van der Waals surface area contributed by atoms with Crippen molar-refractivity contribution in [3.8, 4) is 5.75 Å². The highest BCUT2D eigenvalue weighted by Gasteiger charge is 2.26. The van der Waals surface area contributed by atoms with Crippen molar-refractivity contribution in [2.45, 2.75) is 50.7 Å². The van der Waals surface area contributed by atoms with Gasteiger partial charge < -0.3 is 9.30 Å². The molecule has 7 nitrogen and oxygen atoms in total. The van der Waals surface area contributed by atoms with Crippen molar-refractivity contribution in [2.75, 3.05) is 26.7 Å². The molecule has 1 aliphatic heterocycles. The average Bonchev–Trinajstić information content (AvgIpc) is 3.20. The summed E-state index contributed by atoms with van der Waals surface area (Å²) in [6, 6.07) is 13.4. The fourth-order valence-corrected chi connectivity index (χ4v) is 6.04. The first kappa shape index (κ1) is 24.4. The minimum atomic E-state index is -3.48. The predicted molar refractivity (Wildman–Crippen MR) is 135 cm³/mol. The molecule has 0 aliphatic carbocycles. The molecule has 0 atom stereocenters. The number of sulfonamides is 1. The normalized spacial score (nSPS) is 15.1. The predicted octanol–water partition coefficient (Wildman–Crippen LogP) is 4.43. The van der Waals surface area contributed by atoms with Gasteiger partial charge in [0.2, 0.25) is 10.0 Å². The molecule has 0 unspecified atom stereocenters. The highest BCUT2D eigenvalue weighted by Crippen LogP contribution is 2.25. The summed E-state index contributed by atoms with van der Waals surface area (Å²) in [7, 11) is -1.42. The molecule has 1 aromatic heterocycles. The summed E-state index contributed by atoms with van der Waals surface area (Å²) in [6.07, 6.45) is 4.67. The number of hydrogen-bond acceptors (Lipinski definition) is 5. The lowest BCUT2D eigenvalue weighted by molar-refractivity contribution is 0.306. The molecule has 2 heterocycles. The van der Waals surface area contributed by atoms with Crippen molar-refractivity contribution < 1.29 is 13.2 Å². The second kappa shape index (κ2) is 10.7. The zero-order chi connectivity index (χ0) is 24.1. The monoisotopic (exact) mass is 482 g/mol. The Balaban J connectivity index is 1.51. The summed E-state index contributed by atoms with van der Waals surface area (Å²) in [4.78, 5) is 7.38. The third-order valence-corrected chi connectivity index (χ3v) is 8.12. The van der Waals surface area contributed by atoms with Crippen LogP contribution in [0, 0.1) is 0 Å². The molecule has 1 aliphatic rings. The first-order valence-electron chi connectivity index (χ1n) is 11.9. The van der Waals surface area contributed by atoms with Gasteiger partial charge in [-0.25, -0.2) is 13.4 Å². The van der Waals surface area contributed by atoms with Crippen molar-refractivity contribution in [3.05, 3.63) is 66.5 Å². The van der Waals surface area contributed by atoms with E-state index < -0.39 is 10.0 Å². The van der Waals surface area contributed by atoms with E-state index in [1.165, 1.54) is 5.56 Å². The van der Waals surface area contributed by atoms with E-state index in [-0.39, 0.29) is 0 Å². The van der Waals surface area contributed by atoms with Gasteiger partial charge in [0.05, 0.1) is 22.5 Å². The maximum Gasteiger partial charge on any atom is 0.243 e. The molecule has 0 saturated carbocycles. The number of aryl methyl sites for hydroxylation is 1. The quantitative estimate of drug-likeness (QED) is 0.400. The fourth-order valence-electron chi connectivity index (χ4n) is 4.50. The first-order chi connectivity index (χ1) is 16.4. The minimum absolute atomic E-state index is 0.335. The Bertz CT molecular complexity index is 1230. The Morgan fingerprint density at radius 3 is 2.50 bits per heavy atom. The van der Waals surface area contributed by atoms with Crippen molar-refractivity contribution in [3.63, 3.8) is 0 Å². The summed E-state index contributed by atoms with van der Waals surface area (Å²) < 4.78 is 35.6. The van der Waals surface area contributed by atoms with Crippen LogP contribution in [-0.4, -0.2) is 53.9 Å². The topological polar surface area (TPSA) is 67.7 Å². The summed E-state index contributed by atoms with van der Waals surface area (Å²) in [5.41, 5.74) is 2.88. The number of ether oxygens (including phenoxy) is 1. The third kappa shape index (κ3) is 5.35. The molecule has 0 amide bonds. The van der Waals surface area contributed by atoms with Crippen LogP contribution >= 0.6 is 0 Å². The Kier molecular flexibility index (Phi) is 7.70. The third-order valence-electron chi connectivity index (χ3n) is 6.22. The number of fused-ring (bicyclic) bond motifs is 1. The maximum atomic E-state index is 13.1. The zero-order valence-electron chi connectivity index (χ0n) is 20.1. The smallest absolute Gasteiger partial charge is 0.243 e. The molecule has 2 aromatic carbocycles. The fraction of sp³-hybridized carbons (Fsp3) is 0.423. The summed E-state index contributed by atoms with van der Waals surface area (Å²) in [5.74, 6) is 1.76. The van der Waals surface area contributed by atoms with E-state index in [0.29, 0.717) is 31.1 Å². The lowest BCUT2D eigenvalue weighted by Gasteiger charge is -2.25. The minimum Gasteiger partial charge on any atom is -0.490 e. The van der Waals surface area contributed by atoms with E-state index >= 15 is 0 Å². The van der Waals surface area contributed by atoms with Gasteiger partial charge in [0.25, 0.3) is 0 Å². The summed E-state index contributed by atoms with van der Waals surface area (Å²) >= 11 is 0. The Morgan fingerprint density at radius 2 is 1.82 bits per heavy atom. The molecular formula is C26H34N4O3S. The Labute approximate surface area is 202 Å². The van der Waals surface area contributed by atoms with Crippen LogP contribution in [-0.2, 0) is 29.7 Å². The van der Waals surface area contributed by atoms with Gasteiger partial charge in [-0.15, -0.1) is 0 Å². The molecule has 0 radical (unpaired) electrons. The number of benzene rings is 2. The maximum absolute atomic E-state index is 13.1. The highest BCUT2D eigenvalue weighted by molar-refractivity contribution is 7.89. The molecule has 1 saturated heterocycles. The van der Waals surface area contributed by atoms with Gasteiger partial charge in [0.15, 0.2) is 0 Å². The van der Waals surface area contributed by atoms with E-state index in [1.54, 1.807) is 22.5 Å². The van der Waals surface area contributed by atoms with E-state index in [9.17, 15) is 8.42 Å². The largest absolute Gasteiger partial charge is 0.490 e. The molecule has 182 valence electrons. The molecule has 0 bridgehead atoms. The molecule has 4 rings (SSSR count). The molecule has 3 aromatic rings. The SMILES string of the molecule is C=CCOc1ccc(CN(C)Cc2nc3cc(S(=O)(=O)N4CCCCC4)ccc3n2CC)cc1. The van der Waals surface area contributed by atoms with Gasteiger partial charge in [-0.05, 0) is 62.7 Å². The second-order valence-corrected chi connectivity index (χ2v) is 10.7. The van der Waals surface area contributed by atoms with Crippen LogP contribution in [0.2, 0.25) is 0 Å². The van der Waals surface area contributed by atoms with E-state index in [2.05, 4.69) is 42.2 Å². The zero-order valence-corrected chi connectivity index (χ0v) is 20.9. The van der Waals surface area contributed by atoms with Crippen molar-refractivity contribution in [1.82, 2.24) is 18.8 Å². The van der Waals surface area contributed by atoms with Crippen LogP contribution in [0.4, 0.5) is 0 Å². The van der Waals surface area contributed by atoms with Gasteiger partial charge in [-0.2, -0.15) is 4.31 Å². The number of imidazole rings is 1. The van der Waals surface area contributed by atoms with Crippen molar-refractivity contribution in [2.24, 2.45) is 0 Å². The van der Waals surface area contributed by atoms with Crippen LogP contribution in [0.5, 0.6) is 5.75 Å². The Morgan fingerprint density at radius 1 is 1.09 bits per heavy atom. The van der Waals surface area contributed by atoms with Crippen LogP contribution < -0.4 is 4.74 Å². The molecule has 8 heteroatoms. The summed E-state index contributed by atoms with van der Waals surface area (Å²) in [5, 5.41) is 0. The number of nitrogens with zero attached hydrogens (tertiary/aromatic N) is 4. The summed E-state index contributed by atoms with van der Waals surface area (Å²) in [6.45, 7) is 9.64. The number of rotatable bonds is 10. The van der Waals surface area contributed by atoms with Crippen LogP contribution in [0.3, 0.4) is 0 Å². The number of aromatic nitrogens is 2. The van der Waals surface area contributed by atoms with E-state index in [0.717, 1.165) is 55.0 Å². The average molecular weight is 483 g/mol. The lowest BCUT2D eigenvalue weighted by atomic mass is 10.2. The number of piperidine rings is 1.